The second-order valence-electron chi connectivity index (χ2n) is 4.61. The molecule has 0 aliphatic carbocycles. The molecule has 2 aromatic heterocycles. The van der Waals surface area contributed by atoms with E-state index < -0.39 is 0 Å². The van der Waals surface area contributed by atoms with Crippen molar-refractivity contribution < 1.29 is 4.52 Å². The van der Waals surface area contributed by atoms with E-state index in [-0.39, 0.29) is 0 Å². The molecule has 0 fully saturated rings. The summed E-state index contributed by atoms with van der Waals surface area (Å²) in [4.78, 5) is 4.60. The summed E-state index contributed by atoms with van der Waals surface area (Å²) < 4.78 is 7.26. The highest BCUT2D eigenvalue weighted by Gasteiger charge is 2.07. The van der Waals surface area contributed by atoms with Crippen molar-refractivity contribution in [3.63, 3.8) is 0 Å². The summed E-state index contributed by atoms with van der Waals surface area (Å²) in [6, 6.07) is 10.1. The SMILES string of the molecule is Cc1cc(CNCc2nc3ccccc3n2C)on1. The van der Waals surface area contributed by atoms with Gasteiger partial charge in [0.2, 0.25) is 0 Å². The highest BCUT2D eigenvalue weighted by Crippen LogP contribution is 2.14. The second kappa shape index (κ2) is 4.85. The summed E-state index contributed by atoms with van der Waals surface area (Å²) in [5.74, 6) is 1.86. The zero-order valence-corrected chi connectivity index (χ0v) is 11.1. The van der Waals surface area contributed by atoms with Crippen LogP contribution in [0.1, 0.15) is 17.3 Å². The summed E-state index contributed by atoms with van der Waals surface area (Å²) in [5, 5.41) is 7.17. The summed E-state index contributed by atoms with van der Waals surface area (Å²) in [6.45, 7) is 3.27. The Bertz CT molecular complexity index is 698. The number of para-hydroxylation sites is 2. The van der Waals surface area contributed by atoms with E-state index in [1.54, 1.807) is 0 Å². The minimum Gasteiger partial charge on any atom is -0.360 e. The number of nitrogens with zero attached hydrogens (tertiary/aromatic N) is 3. The standard InChI is InChI=1S/C14H16N4O/c1-10-7-11(19-17-10)8-15-9-14-16-12-5-3-4-6-13(12)18(14)2/h3-7,15H,8-9H2,1-2H3. The lowest BCUT2D eigenvalue weighted by atomic mass is 10.3. The van der Waals surface area contributed by atoms with Gasteiger partial charge in [-0.25, -0.2) is 4.98 Å². The van der Waals surface area contributed by atoms with Crippen molar-refractivity contribution in [1.82, 2.24) is 20.0 Å². The molecule has 98 valence electrons. The first-order chi connectivity index (χ1) is 9.24. The van der Waals surface area contributed by atoms with Gasteiger partial charge in [-0.1, -0.05) is 17.3 Å². The smallest absolute Gasteiger partial charge is 0.150 e. The highest BCUT2D eigenvalue weighted by molar-refractivity contribution is 5.75. The fourth-order valence-corrected chi connectivity index (χ4v) is 2.15. The number of imidazole rings is 1. The van der Waals surface area contributed by atoms with E-state index in [1.807, 2.05) is 38.2 Å². The number of hydrogen-bond acceptors (Lipinski definition) is 4. The van der Waals surface area contributed by atoms with Crippen molar-refractivity contribution in [2.45, 2.75) is 20.0 Å². The number of fused-ring (bicyclic) bond motifs is 1. The lowest BCUT2D eigenvalue weighted by Crippen LogP contribution is -2.15. The summed E-state index contributed by atoms with van der Waals surface area (Å²) in [7, 11) is 2.03. The van der Waals surface area contributed by atoms with Gasteiger partial charge >= 0.3 is 0 Å². The van der Waals surface area contributed by atoms with Crippen molar-refractivity contribution >= 4 is 11.0 Å². The van der Waals surface area contributed by atoms with Gasteiger partial charge in [-0.05, 0) is 19.1 Å². The van der Waals surface area contributed by atoms with Crippen LogP contribution in [0.2, 0.25) is 0 Å². The van der Waals surface area contributed by atoms with Crippen LogP contribution in [0.3, 0.4) is 0 Å². The van der Waals surface area contributed by atoms with Gasteiger partial charge in [-0.2, -0.15) is 0 Å². The predicted molar refractivity (Wildman–Crippen MR) is 72.5 cm³/mol. The molecule has 3 aromatic rings. The third kappa shape index (κ3) is 2.37. The highest BCUT2D eigenvalue weighted by atomic mass is 16.5. The molecule has 5 heteroatoms. The van der Waals surface area contributed by atoms with Crippen LogP contribution in [-0.4, -0.2) is 14.7 Å². The van der Waals surface area contributed by atoms with E-state index in [9.17, 15) is 0 Å². The van der Waals surface area contributed by atoms with Crippen LogP contribution in [0.25, 0.3) is 11.0 Å². The lowest BCUT2D eigenvalue weighted by molar-refractivity contribution is 0.368. The van der Waals surface area contributed by atoms with E-state index >= 15 is 0 Å². The quantitative estimate of drug-likeness (QED) is 0.777. The lowest BCUT2D eigenvalue weighted by Gasteiger charge is -2.03. The Morgan fingerprint density at radius 2 is 2.11 bits per heavy atom. The van der Waals surface area contributed by atoms with E-state index in [2.05, 4.69) is 26.1 Å². The minimum atomic E-state index is 0.657. The first-order valence-electron chi connectivity index (χ1n) is 6.27. The van der Waals surface area contributed by atoms with Gasteiger partial charge in [0, 0.05) is 13.1 Å². The second-order valence-corrected chi connectivity index (χ2v) is 4.61. The van der Waals surface area contributed by atoms with Gasteiger partial charge in [-0.15, -0.1) is 0 Å². The Labute approximate surface area is 111 Å². The third-order valence-electron chi connectivity index (χ3n) is 3.14. The Hall–Kier alpha value is -2.14. The number of aryl methyl sites for hydroxylation is 2. The molecule has 0 amide bonds. The molecule has 0 bridgehead atoms. The fraction of sp³-hybridized carbons (Fsp3) is 0.286. The molecule has 0 unspecified atom stereocenters. The predicted octanol–water partition coefficient (Wildman–Crippen LogP) is 2.16. The molecule has 0 radical (unpaired) electrons. The number of rotatable bonds is 4. The maximum Gasteiger partial charge on any atom is 0.150 e. The van der Waals surface area contributed by atoms with Gasteiger partial charge in [0.1, 0.15) is 5.82 Å². The molecule has 1 aromatic carbocycles. The number of aromatic nitrogens is 3. The molecule has 5 nitrogen and oxygen atoms in total. The van der Waals surface area contributed by atoms with Crippen LogP contribution >= 0.6 is 0 Å². The Balaban J connectivity index is 1.70. The fourth-order valence-electron chi connectivity index (χ4n) is 2.15. The first kappa shape index (κ1) is 11.9. The monoisotopic (exact) mass is 256 g/mol. The van der Waals surface area contributed by atoms with Crippen LogP contribution in [-0.2, 0) is 20.1 Å². The normalized spacial score (nSPS) is 11.3. The van der Waals surface area contributed by atoms with Crippen molar-refractivity contribution in [3.8, 4) is 0 Å². The molecule has 2 heterocycles. The topological polar surface area (TPSA) is 55.9 Å². The largest absolute Gasteiger partial charge is 0.360 e. The molecule has 0 aliphatic rings. The third-order valence-corrected chi connectivity index (χ3v) is 3.14. The van der Waals surface area contributed by atoms with Crippen LogP contribution in [0.5, 0.6) is 0 Å². The molecule has 0 saturated heterocycles. The molecule has 0 spiro atoms. The maximum atomic E-state index is 5.15. The van der Waals surface area contributed by atoms with E-state index in [0.717, 1.165) is 28.3 Å². The summed E-state index contributed by atoms with van der Waals surface area (Å²) in [5.41, 5.74) is 3.08. The maximum absolute atomic E-state index is 5.15. The summed E-state index contributed by atoms with van der Waals surface area (Å²) >= 11 is 0. The van der Waals surface area contributed by atoms with Crippen LogP contribution in [0.15, 0.2) is 34.9 Å². The number of hydrogen-bond donors (Lipinski definition) is 1. The van der Waals surface area contributed by atoms with Crippen molar-refractivity contribution in [2.75, 3.05) is 0 Å². The Morgan fingerprint density at radius 1 is 1.26 bits per heavy atom. The molecule has 3 rings (SSSR count). The average Bonchev–Trinajstić information content (AvgIpc) is 2.96. The zero-order valence-electron chi connectivity index (χ0n) is 11.1. The van der Waals surface area contributed by atoms with Crippen LogP contribution in [0.4, 0.5) is 0 Å². The van der Waals surface area contributed by atoms with Crippen molar-refractivity contribution in [1.29, 1.82) is 0 Å². The number of nitrogens with one attached hydrogen (secondary N) is 1. The van der Waals surface area contributed by atoms with Gasteiger partial charge in [0.15, 0.2) is 5.76 Å². The van der Waals surface area contributed by atoms with E-state index in [0.29, 0.717) is 13.1 Å². The molecular weight excluding hydrogens is 240 g/mol. The molecule has 0 saturated carbocycles. The molecule has 0 atom stereocenters. The van der Waals surface area contributed by atoms with Gasteiger partial charge in [0.25, 0.3) is 0 Å². The Morgan fingerprint density at radius 3 is 2.84 bits per heavy atom. The first-order valence-corrected chi connectivity index (χ1v) is 6.27. The molecule has 19 heavy (non-hydrogen) atoms. The van der Waals surface area contributed by atoms with Gasteiger partial charge in [-0.3, -0.25) is 0 Å². The van der Waals surface area contributed by atoms with Crippen LogP contribution < -0.4 is 5.32 Å². The summed E-state index contributed by atoms with van der Waals surface area (Å²) in [6.07, 6.45) is 0. The van der Waals surface area contributed by atoms with Gasteiger partial charge in [0.05, 0.1) is 29.8 Å². The van der Waals surface area contributed by atoms with Gasteiger partial charge < -0.3 is 14.4 Å². The molecule has 1 N–H and O–H groups in total. The number of benzene rings is 1. The van der Waals surface area contributed by atoms with E-state index in [4.69, 9.17) is 4.52 Å². The molecular formula is C14H16N4O. The van der Waals surface area contributed by atoms with Crippen molar-refractivity contribution in [2.24, 2.45) is 7.05 Å². The minimum absolute atomic E-state index is 0.657. The van der Waals surface area contributed by atoms with Crippen LogP contribution in [0, 0.1) is 6.92 Å². The average molecular weight is 256 g/mol. The van der Waals surface area contributed by atoms with Crippen molar-refractivity contribution in [3.05, 3.63) is 47.6 Å². The molecule has 0 aliphatic heterocycles. The van der Waals surface area contributed by atoms with E-state index in [1.165, 1.54) is 0 Å². The zero-order chi connectivity index (χ0) is 13.2. The Kier molecular flexibility index (Phi) is 3.05.